The van der Waals surface area contributed by atoms with Crippen LogP contribution in [-0.2, 0) is 11.3 Å². The molecule has 2 fully saturated rings. The first-order valence-electron chi connectivity index (χ1n) is 9.55. The van der Waals surface area contributed by atoms with Crippen LogP contribution in [0.3, 0.4) is 0 Å². The molecule has 2 saturated heterocycles. The summed E-state index contributed by atoms with van der Waals surface area (Å²) in [5.74, 6) is 0.527. The van der Waals surface area contributed by atoms with Gasteiger partial charge in [0, 0.05) is 35.8 Å². The Balaban J connectivity index is 0.00000182. The van der Waals surface area contributed by atoms with Crippen LogP contribution in [-0.4, -0.2) is 45.9 Å². The second-order valence-corrected chi connectivity index (χ2v) is 9.05. The Hall–Kier alpha value is -0.820. The van der Waals surface area contributed by atoms with Crippen LogP contribution in [0.5, 0.6) is 0 Å². The third kappa shape index (κ3) is 6.93. The molecule has 2 aliphatic rings. The molecule has 8 heteroatoms. The fourth-order valence-electron chi connectivity index (χ4n) is 4.63. The summed E-state index contributed by atoms with van der Waals surface area (Å²) < 4.78 is 1.77. The smallest absolute Gasteiger partial charge is 0.241 e. The summed E-state index contributed by atoms with van der Waals surface area (Å²) in [6.45, 7) is 11.2. The molecular weight excluding hydrogens is 385 g/mol. The van der Waals surface area contributed by atoms with Crippen molar-refractivity contribution in [1.82, 2.24) is 25.7 Å². The van der Waals surface area contributed by atoms with Gasteiger partial charge in [0.1, 0.15) is 6.54 Å². The molecule has 1 aromatic heterocycles. The lowest BCUT2D eigenvalue weighted by molar-refractivity contribution is -0.123. The lowest BCUT2D eigenvalue weighted by atomic mass is 9.79. The van der Waals surface area contributed by atoms with Crippen LogP contribution in [0.1, 0.15) is 65.0 Å². The molecule has 0 spiro atoms. The zero-order valence-electron chi connectivity index (χ0n) is 16.9. The number of carbonyl (C=O) groups is 1. The molecule has 1 aromatic rings. The minimum absolute atomic E-state index is 0. The monoisotopic (exact) mass is 419 g/mol. The molecule has 0 radical (unpaired) electrons. The molecule has 0 aromatic carbocycles. The zero-order chi connectivity index (χ0) is 18.1. The average Bonchev–Trinajstić information content (AvgIpc) is 2.93. The summed E-state index contributed by atoms with van der Waals surface area (Å²) in [4.78, 5) is 12.5. The molecule has 156 valence electrons. The normalized spacial score (nSPS) is 24.4. The van der Waals surface area contributed by atoms with Crippen molar-refractivity contribution in [3.8, 4) is 0 Å². The standard InChI is InChI=1S/C19H33N5O.2ClH/c1-18(2)10-15(11-19(3,4)23-18)21-17(25)13-24-9-7-16(22-24)14-6-5-8-20-12-14;;/h7,9,14-15,20,23H,5-6,8,10-13H2,1-4H3,(H,21,25);2*1H. The molecule has 3 rings (SSSR count). The van der Waals surface area contributed by atoms with Crippen LogP contribution >= 0.6 is 24.8 Å². The Labute approximate surface area is 175 Å². The highest BCUT2D eigenvalue weighted by atomic mass is 35.5. The fourth-order valence-corrected chi connectivity index (χ4v) is 4.63. The van der Waals surface area contributed by atoms with E-state index in [0.717, 1.165) is 31.6 Å². The SMILES string of the molecule is CC1(C)CC(NC(=O)Cn2ccc(C3CCCNC3)n2)CC(C)(C)N1.Cl.Cl. The van der Waals surface area contributed by atoms with Gasteiger partial charge in [0.15, 0.2) is 0 Å². The van der Waals surface area contributed by atoms with Gasteiger partial charge in [-0.2, -0.15) is 5.10 Å². The van der Waals surface area contributed by atoms with Gasteiger partial charge in [0.05, 0.1) is 5.69 Å². The third-order valence-electron chi connectivity index (χ3n) is 5.24. The number of rotatable bonds is 4. The van der Waals surface area contributed by atoms with Gasteiger partial charge in [0.2, 0.25) is 5.91 Å². The fraction of sp³-hybridized carbons (Fsp3) is 0.789. The van der Waals surface area contributed by atoms with Crippen molar-refractivity contribution in [1.29, 1.82) is 0 Å². The molecule has 1 unspecified atom stereocenters. The second kappa shape index (κ2) is 9.59. The summed E-state index contributed by atoms with van der Waals surface area (Å²) in [5, 5.41) is 14.9. The van der Waals surface area contributed by atoms with E-state index in [2.05, 4.69) is 54.8 Å². The van der Waals surface area contributed by atoms with E-state index in [0.29, 0.717) is 12.5 Å². The average molecular weight is 420 g/mol. The Morgan fingerprint density at radius 2 is 1.93 bits per heavy atom. The molecule has 0 bridgehead atoms. The summed E-state index contributed by atoms with van der Waals surface area (Å²) >= 11 is 0. The van der Waals surface area contributed by atoms with Crippen LogP contribution in [0.2, 0.25) is 0 Å². The van der Waals surface area contributed by atoms with Crippen molar-refractivity contribution < 1.29 is 4.79 Å². The van der Waals surface area contributed by atoms with Gasteiger partial charge in [-0.25, -0.2) is 0 Å². The van der Waals surface area contributed by atoms with Gasteiger partial charge in [-0.15, -0.1) is 24.8 Å². The lowest BCUT2D eigenvalue weighted by Crippen LogP contribution is -2.62. The number of aromatic nitrogens is 2. The van der Waals surface area contributed by atoms with Crippen LogP contribution < -0.4 is 16.0 Å². The second-order valence-electron chi connectivity index (χ2n) is 9.05. The maximum atomic E-state index is 12.5. The van der Waals surface area contributed by atoms with Crippen LogP contribution in [0.15, 0.2) is 12.3 Å². The highest BCUT2D eigenvalue weighted by Gasteiger charge is 2.38. The highest BCUT2D eigenvalue weighted by molar-refractivity contribution is 5.85. The quantitative estimate of drug-likeness (QED) is 0.701. The molecule has 0 aliphatic carbocycles. The lowest BCUT2D eigenvalue weighted by Gasteiger charge is -2.46. The van der Waals surface area contributed by atoms with Gasteiger partial charge in [-0.05, 0) is 66.0 Å². The van der Waals surface area contributed by atoms with Crippen molar-refractivity contribution >= 4 is 30.7 Å². The number of amides is 1. The van der Waals surface area contributed by atoms with Gasteiger partial charge in [-0.3, -0.25) is 9.48 Å². The van der Waals surface area contributed by atoms with Crippen molar-refractivity contribution in [2.45, 2.75) is 83.0 Å². The van der Waals surface area contributed by atoms with Crippen molar-refractivity contribution in [2.75, 3.05) is 13.1 Å². The number of carbonyl (C=O) groups excluding carboxylic acids is 1. The van der Waals surface area contributed by atoms with Crippen molar-refractivity contribution in [3.05, 3.63) is 18.0 Å². The maximum absolute atomic E-state index is 12.5. The van der Waals surface area contributed by atoms with E-state index in [1.54, 1.807) is 4.68 Å². The van der Waals surface area contributed by atoms with Crippen LogP contribution in [0.25, 0.3) is 0 Å². The molecule has 2 aliphatic heterocycles. The summed E-state index contributed by atoms with van der Waals surface area (Å²) in [7, 11) is 0. The van der Waals surface area contributed by atoms with Gasteiger partial charge in [-0.1, -0.05) is 0 Å². The Morgan fingerprint density at radius 1 is 1.26 bits per heavy atom. The number of piperidine rings is 2. The minimum atomic E-state index is 0. The summed E-state index contributed by atoms with van der Waals surface area (Å²) in [6.07, 6.45) is 6.19. The molecule has 27 heavy (non-hydrogen) atoms. The van der Waals surface area contributed by atoms with Crippen molar-refractivity contribution in [3.63, 3.8) is 0 Å². The summed E-state index contributed by atoms with van der Waals surface area (Å²) in [5.41, 5.74) is 1.17. The molecule has 1 atom stereocenters. The Bertz CT molecular complexity index is 595. The number of hydrogen-bond donors (Lipinski definition) is 3. The molecule has 1 amide bonds. The molecule has 3 heterocycles. The predicted molar refractivity (Wildman–Crippen MR) is 114 cm³/mol. The number of hydrogen-bond acceptors (Lipinski definition) is 4. The minimum Gasteiger partial charge on any atom is -0.352 e. The summed E-state index contributed by atoms with van der Waals surface area (Å²) in [6, 6.07) is 2.26. The molecule has 3 N–H and O–H groups in total. The number of halogens is 2. The van der Waals surface area contributed by atoms with Crippen LogP contribution in [0.4, 0.5) is 0 Å². The zero-order valence-corrected chi connectivity index (χ0v) is 18.5. The first kappa shape index (κ1) is 24.2. The third-order valence-corrected chi connectivity index (χ3v) is 5.24. The van der Waals surface area contributed by atoms with E-state index in [-0.39, 0.29) is 47.8 Å². The van der Waals surface area contributed by atoms with E-state index >= 15 is 0 Å². The number of nitrogens with zero attached hydrogens (tertiary/aromatic N) is 2. The molecule has 0 saturated carbocycles. The van der Waals surface area contributed by atoms with Crippen LogP contribution in [0, 0.1) is 0 Å². The number of nitrogens with one attached hydrogen (secondary N) is 3. The van der Waals surface area contributed by atoms with Gasteiger partial charge >= 0.3 is 0 Å². The van der Waals surface area contributed by atoms with E-state index in [4.69, 9.17) is 0 Å². The maximum Gasteiger partial charge on any atom is 0.241 e. The first-order valence-corrected chi connectivity index (χ1v) is 9.55. The Morgan fingerprint density at radius 3 is 2.52 bits per heavy atom. The topological polar surface area (TPSA) is 71.0 Å². The van der Waals surface area contributed by atoms with E-state index in [1.165, 1.54) is 12.8 Å². The van der Waals surface area contributed by atoms with E-state index in [1.807, 2.05) is 6.20 Å². The predicted octanol–water partition coefficient (Wildman–Crippen LogP) is 2.62. The Kier molecular flexibility index (Phi) is 8.60. The van der Waals surface area contributed by atoms with Gasteiger partial charge in [0.25, 0.3) is 0 Å². The first-order chi connectivity index (χ1) is 11.7. The largest absolute Gasteiger partial charge is 0.352 e. The van der Waals surface area contributed by atoms with Crippen molar-refractivity contribution in [2.24, 2.45) is 0 Å². The molecule has 6 nitrogen and oxygen atoms in total. The van der Waals surface area contributed by atoms with E-state index in [9.17, 15) is 4.79 Å². The highest BCUT2D eigenvalue weighted by Crippen LogP contribution is 2.28. The molecular formula is C19H35Cl2N5O. The van der Waals surface area contributed by atoms with Gasteiger partial charge < -0.3 is 16.0 Å². The van der Waals surface area contributed by atoms with E-state index < -0.39 is 0 Å².